The van der Waals surface area contributed by atoms with Gasteiger partial charge < -0.3 is 8.80 Å². The first kappa shape index (κ1) is 19.7. The van der Waals surface area contributed by atoms with Gasteiger partial charge in [-0.05, 0) is 22.9 Å². The highest BCUT2D eigenvalue weighted by atomic mass is 14.9. The summed E-state index contributed by atoms with van der Waals surface area (Å²) >= 11 is 0. The van der Waals surface area contributed by atoms with Gasteiger partial charge in [0.25, 0.3) is 0 Å². The van der Waals surface area contributed by atoms with E-state index in [1.165, 1.54) is 97.7 Å². The molecular formula is C38H20N2. The fraction of sp³-hybridized carbons (Fsp3) is 0. The molecule has 0 aliphatic carbocycles. The first-order chi connectivity index (χ1) is 19.9. The van der Waals surface area contributed by atoms with Crippen LogP contribution in [-0.4, -0.2) is 8.80 Å². The summed E-state index contributed by atoms with van der Waals surface area (Å²) < 4.78 is 5.09. The highest BCUT2D eigenvalue weighted by Gasteiger charge is 2.23. The van der Waals surface area contributed by atoms with Gasteiger partial charge in [-0.25, -0.2) is 0 Å². The van der Waals surface area contributed by atoms with E-state index in [4.69, 9.17) is 0 Å². The van der Waals surface area contributed by atoms with Crippen LogP contribution in [0.25, 0.3) is 97.7 Å². The van der Waals surface area contributed by atoms with Gasteiger partial charge in [0.05, 0.1) is 33.1 Å². The van der Waals surface area contributed by atoms with Crippen molar-refractivity contribution in [3.63, 3.8) is 0 Å². The Kier molecular flexibility index (Phi) is 3.17. The van der Waals surface area contributed by atoms with Gasteiger partial charge in [-0.15, -0.1) is 0 Å². The van der Waals surface area contributed by atoms with Crippen molar-refractivity contribution >= 4 is 97.7 Å². The van der Waals surface area contributed by atoms with Crippen LogP contribution in [0.3, 0.4) is 0 Å². The molecule has 4 aromatic heterocycles. The molecule has 0 spiro atoms. The second-order valence-corrected chi connectivity index (χ2v) is 11.3. The zero-order chi connectivity index (χ0) is 25.7. The summed E-state index contributed by atoms with van der Waals surface area (Å²) in [5.41, 5.74) is 7.83. The van der Waals surface area contributed by atoms with Crippen LogP contribution in [0.5, 0.6) is 0 Å². The van der Waals surface area contributed by atoms with E-state index in [2.05, 4.69) is 130 Å². The second kappa shape index (κ2) is 6.44. The highest BCUT2D eigenvalue weighted by Crippen LogP contribution is 2.46. The first-order valence-corrected chi connectivity index (χ1v) is 14.0. The summed E-state index contributed by atoms with van der Waals surface area (Å²) in [5, 5.41) is 15.8. The molecule has 0 aliphatic heterocycles. The Balaban J connectivity index is 1.47. The van der Waals surface area contributed by atoms with Crippen molar-refractivity contribution in [2.45, 2.75) is 0 Å². The van der Waals surface area contributed by atoms with E-state index in [0.717, 1.165) is 0 Å². The molecule has 11 aromatic rings. The maximum absolute atomic E-state index is 2.54. The van der Waals surface area contributed by atoms with Crippen LogP contribution in [0.4, 0.5) is 0 Å². The van der Waals surface area contributed by atoms with Gasteiger partial charge in [0.2, 0.25) is 0 Å². The predicted molar refractivity (Wildman–Crippen MR) is 171 cm³/mol. The predicted octanol–water partition coefficient (Wildman–Crippen LogP) is 10.3. The van der Waals surface area contributed by atoms with Gasteiger partial charge in [-0.3, -0.25) is 0 Å². The maximum Gasteiger partial charge on any atom is 0.0620 e. The summed E-state index contributed by atoms with van der Waals surface area (Å²) in [4.78, 5) is 0. The molecule has 40 heavy (non-hydrogen) atoms. The number of fused-ring (bicyclic) bond motifs is 16. The van der Waals surface area contributed by atoms with Crippen LogP contribution in [0.15, 0.2) is 121 Å². The zero-order valence-electron chi connectivity index (χ0n) is 21.4. The smallest absolute Gasteiger partial charge is 0.0620 e. The Labute approximate surface area is 227 Å². The lowest BCUT2D eigenvalue weighted by Gasteiger charge is -2.05. The van der Waals surface area contributed by atoms with Crippen molar-refractivity contribution in [1.82, 2.24) is 8.80 Å². The lowest BCUT2D eigenvalue weighted by Crippen LogP contribution is -1.86. The van der Waals surface area contributed by atoms with E-state index in [0.29, 0.717) is 0 Å². The van der Waals surface area contributed by atoms with Gasteiger partial charge >= 0.3 is 0 Å². The lowest BCUT2D eigenvalue weighted by atomic mass is 10.0. The molecule has 0 fully saturated rings. The number of aromatic nitrogens is 2. The third kappa shape index (κ3) is 2.04. The van der Waals surface area contributed by atoms with Crippen LogP contribution in [-0.2, 0) is 0 Å². The highest BCUT2D eigenvalue weighted by molar-refractivity contribution is 6.31. The van der Waals surface area contributed by atoms with Crippen molar-refractivity contribution in [3.05, 3.63) is 121 Å². The lowest BCUT2D eigenvalue weighted by molar-refractivity contribution is 1.36. The summed E-state index contributed by atoms with van der Waals surface area (Å²) in [7, 11) is 0. The molecule has 0 amide bonds. The normalized spacial score (nSPS) is 13.0. The van der Waals surface area contributed by atoms with Gasteiger partial charge in [0.1, 0.15) is 0 Å². The van der Waals surface area contributed by atoms with Crippen LogP contribution in [0.2, 0.25) is 0 Å². The largest absolute Gasteiger partial charge is 0.307 e. The molecule has 0 bridgehead atoms. The topological polar surface area (TPSA) is 8.82 Å². The number of para-hydroxylation sites is 2. The zero-order valence-corrected chi connectivity index (χ0v) is 21.4. The Morgan fingerprint density at radius 3 is 1.15 bits per heavy atom. The molecule has 2 heteroatoms. The van der Waals surface area contributed by atoms with Crippen molar-refractivity contribution in [2.75, 3.05) is 0 Å². The minimum Gasteiger partial charge on any atom is -0.307 e. The van der Waals surface area contributed by atoms with E-state index in [1.807, 2.05) is 0 Å². The van der Waals surface area contributed by atoms with Crippen LogP contribution >= 0.6 is 0 Å². The number of rotatable bonds is 0. The molecule has 0 N–H and O–H groups in total. The second-order valence-electron chi connectivity index (χ2n) is 11.3. The molecule has 2 nitrogen and oxygen atoms in total. The van der Waals surface area contributed by atoms with E-state index in [9.17, 15) is 0 Å². The van der Waals surface area contributed by atoms with Gasteiger partial charge in [0, 0.05) is 53.9 Å². The van der Waals surface area contributed by atoms with E-state index in [1.54, 1.807) is 0 Å². The molecule has 0 atom stereocenters. The monoisotopic (exact) mass is 504 g/mol. The Hall–Kier alpha value is -5.34. The van der Waals surface area contributed by atoms with Gasteiger partial charge in [0.15, 0.2) is 0 Å². The quantitative estimate of drug-likeness (QED) is 0.194. The average molecular weight is 505 g/mol. The van der Waals surface area contributed by atoms with E-state index < -0.39 is 0 Å². The molecule has 11 rings (SSSR count). The first-order valence-electron chi connectivity index (χ1n) is 14.0. The molecular weight excluding hydrogens is 484 g/mol. The number of hydrogen-bond acceptors (Lipinski definition) is 0. The fourth-order valence-corrected chi connectivity index (χ4v) is 7.95. The minimum absolute atomic E-state index is 1.28. The summed E-state index contributed by atoms with van der Waals surface area (Å²) in [6.45, 7) is 0. The van der Waals surface area contributed by atoms with Crippen molar-refractivity contribution in [3.8, 4) is 0 Å². The number of nitrogens with zero attached hydrogens (tertiary/aromatic N) is 2. The van der Waals surface area contributed by atoms with Crippen LogP contribution in [0.1, 0.15) is 0 Å². The maximum atomic E-state index is 2.54. The molecule has 7 aromatic carbocycles. The number of hydrogen-bond donors (Lipinski definition) is 0. The summed E-state index contributed by atoms with van der Waals surface area (Å²) in [6, 6.07) is 45.3. The average Bonchev–Trinajstić information content (AvgIpc) is 3.73. The van der Waals surface area contributed by atoms with Gasteiger partial charge in [-0.1, -0.05) is 109 Å². The standard InChI is InChI=1S/C38H20N2/c1-3-9-23-21(7-1)15-17-29-25-11-5-13-27-31-19-32-28-14-6-12-26-30-18-16-22-8-2-4-10-24(22)36(30)40(38(26)28)34(32)20-33(31)39(35(23)29)37(25)27/h1-20H. The van der Waals surface area contributed by atoms with E-state index in [-0.39, 0.29) is 0 Å². The van der Waals surface area contributed by atoms with Crippen LogP contribution in [0, 0.1) is 0 Å². The molecule has 0 radical (unpaired) electrons. The molecule has 0 unspecified atom stereocenters. The summed E-state index contributed by atoms with van der Waals surface area (Å²) in [6.07, 6.45) is 0. The third-order valence-electron chi connectivity index (χ3n) is 9.52. The van der Waals surface area contributed by atoms with E-state index >= 15 is 0 Å². The Morgan fingerprint density at radius 1 is 0.275 bits per heavy atom. The number of benzene rings is 7. The van der Waals surface area contributed by atoms with Crippen molar-refractivity contribution in [1.29, 1.82) is 0 Å². The summed E-state index contributed by atoms with van der Waals surface area (Å²) in [5.74, 6) is 0. The van der Waals surface area contributed by atoms with Crippen molar-refractivity contribution in [2.24, 2.45) is 0 Å². The molecule has 0 aliphatic rings. The van der Waals surface area contributed by atoms with Gasteiger partial charge in [-0.2, -0.15) is 0 Å². The fourth-order valence-electron chi connectivity index (χ4n) is 7.95. The van der Waals surface area contributed by atoms with Crippen molar-refractivity contribution < 1.29 is 0 Å². The minimum atomic E-state index is 1.28. The Bertz CT molecular complexity index is 2670. The van der Waals surface area contributed by atoms with Crippen LogP contribution < -0.4 is 0 Å². The molecule has 182 valence electrons. The third-order valence-corrected chi connectivity index (χ3v) is 9.52. The molecule has 4 heterocycles. The molecule has 0 saturated carbocycles. The molecule has 0 saturated heterocycles. The SMILES string of the molecule is c1ccc2c(c1)ccc1c3cccc4c5cc6c7cccc8c9ccc%10ccccc%10c9n(c6cc5n(c21)c43)c78. The Morgan fingerprint density at radius 2 is 0.650 bits per heavy atom.